The molecule has 0 aliphatic heterocycles. The minimum atomic E-state index is 0.864. The maximum absolute atomic E-state index is 5.43. The summed E-state index contributed by atoms with van der Waals surface area (Å²) in [7, 11) is 3.42. The van der Waals surface area contributed by atoms with E-state index >= 15 is 0 Å². The molecule has 1 heterocycles. The Balaban J connectivity index is 1.79. The summed E-state index contributed by atoms with van der Waals surface area (Å²) < 4.78 is 12.2. The van der Waals surface area contributed by atoms with Crippen molar-refractivity contribution in [3.8, 4) is 33.8 Å². The van der Waals surface area contributed by atoms with Gasteiger partial charge in [-0.2, -0.15) is 0 Å². The van der Waals surface area contributed by atoms with Gasteiger partial charge < -0.3 is 9.47 Å². The number of ether oxygens (including phenoxy) is 2. The van der Waals surface area contributed by atoms with E-state index in [-0.39, 0.29) is 0 Å². The van der Waals surface area contributed by atoms with Crippen molar-refractivity contribution in [1.82, 2.24) is 0 Å². The zero-order chi connectivity index (χ0) is 23.2. The lowest BCUT2D eigenvalue weighted by molar-refractivity contribution is 0.415. The van der Waals surface area contributed by atoms with E-state index in [0.29, 0.717) is 0 Å². The second-order valence-electron chi connectivity index (χ2n) is 8.55. The Labute approximate surface area is 203 Å². The summed E-state index contributed by atoms with van der Waals surface area (Å²) in [5.74, 6) is 1.73. The Morgan fingerprint density at radius 3 is 1.56 bits per heavy atom. The first-order chi connectivity index (χ1) is 16.7. The van der Waals surface area contributed by atoms with Gasteiger partial charge in [0.2, 0.25) is 0 Å². The molecule has 6 rings (SSSR count). The van der Waals surface area contributed by atoms with Crippen LogP contribution in [0.25, 0.3) is 53.9 Å². The summed E-state index contributed by atoms with van der Waals surface area (Å²) in [5.41, 5.74) is 4.90. The van der Waals surface area contributed by atoms with Crippen LogP contribution in [-0.2, 0) is 0 Å². The molecule has 0 aliphatic carbocycles. The third-order valence-electron chi connectivity index (χ3n) is 6.54. The summed E-state index contributed by atoms with van der Waals surface area (Å²) in [5, 5.41) is 6.32. The first-order valence-electron chi connectivity index (χ1n) is 11.3. The average molecular weight is 461 g/mol. The van der Waals surface area contributed by atoms with E-state index in [1.807, 2.05) is 35.6 Å². The van der Waals surface area contributed by atoms with Crippen molar-refractivity contribution in [2.24, 2.45) is 0 Å². The molecule has 5 aromatic carbocycles. The summed E-state index contributed by atoms with van der Waals surface area (Å²) in [6.07, 6.45) is 0. The number of thiophene rings is 1. The number of benzene rings is 5. The zero-order valence-electron chi connectivity index (χ0n) is 19.4. The van der Waals surface area contributed by atoms with E-state index in [2.05, 4.69) is 73.7 Å². The molecule has 166 valence electrons. The van der Waals surface area contributed by atoms with Crippen LogP contribution in [0.2, 0.25) is 0 Å². The van der Waals surface area contributed by atoms with E-state index in [9.17, 15) is 0 Å². The monoisotopic (exact) mass is 460 g/mol. The van der Waals surface area contributed by atoms with Crippen molar-refractivity contribution in [3.05, 3.63) is 95.9 Å². The maximum atomic E-state index is 5.43. The second kappa shape index (κ2) is 8.19. The van der Waals surface area contributed by atoms with Crippen molar-refractivity contribution in [3.63, 3.8) is 0 Å². The molecule has 0 N–H and O–H groups in total. The SMILES string of the molecule is COc1ccc(-c2c3ccccc3c(-c3ccc(OC)cc3)c3cc4sc(C)cc4cc23)cc1. The molecule has 3 heteroatoms. The highest BCUT2D eigenvalue weighted by Gasteiger charge is 2.18. The Morgan fingerprint density at radius 2 is 1.06 bits per heavy atom. The summed E-state index contributed by atoms with van der Waals surface area (Å²) >= 11 is 1.85. The highest BCUT2D eigenvalue weighted by atomic mass is 32.1. The average Bonchev–Trinajstić information content (AvgIpc) is 3.25. The van der Waals surface area contributed by atoms with Gasteiger partial charge in [0, 0.05) is 9.58 Å². The highest BCUT2D eigenvalue weighted by Crippen LogP contribution is 2.46. The van der Waals surface area contributed by atoms with Gasteiger partial charge in [0.25, 0.3) is 0 Å². The minimum Gasteiger partial charge on any atom is -0.497 e. The molecule has 34 heavy (non-hydrogen) atoms. The van der Waals surface area contributed by atoms with E-state index in [1.165, 1.54) is 58.8 Å². The fourth-order valence-corrected chi connectivity index (χ4v) is 5.93. The number of rotatable bonds is 4. The van der Waals surface area contributed by atoms with Crippen LogP contribution >= 0.6 is 11.3 Å². The Bertz CT molecular complexity index is 1540. The van der Waals surface area contributed by atoms with Gasteiger partial charge in [-0.15, -0.1) is 11.3 Å². The van der Waals surface area contributed by atoms with Crippen LogP contribution in [0, 0.1) is 6.92 Å². The van der Waals surface area contributed by atoms with E-state index in [0.717, 1.165) is 11.5 Å². The second-order valence-corrected chi connectivity index (χ2v) is 9.83. The molecule has 0 atom stereocenters. The molecule has 0 spiro atoms. The number of hydrogen-bond donors (Lipinski definition) is 0. The third kappa shape index (κ3) is 3.32. The molecule has 0 saturated heterocycles. The summed E-state index contributed by atoms with van der Waals surface area (Å²) in [6, 6.07) is 32.6. The number of hydrogen-bond acceptors (Lipinski definition) is 3. The molecule has 6 aromatic rings. The van der Waals surface area contributed by atoms with Gasteiger partial charge in [0.15, 0.2) is 0 Å². The first kappa shape index (κ1) is 20.8. The lowest BCUT2D eigenvalue weighted by atomic mass is 9.85. The van der Waals surface area contributed by atoms with Crippen LogP contribution in [0.15, 0.2) is 91.0 Å². The smallest absolute Gasteiger partial charge is 0.118 e. The van der Waals surface area contributed by atoms with Crippen LogP contribution in [0.3, 0.4) is 0 Å². The molecule has 0 saturated carbocycles. The van der Waals surface area contributed by atoms with Crippen molar-refractivity contribution in [1.29, 1.82) is 0 Å². The van der Waals surface area contributed by atoms with E-state index < -0.39 is 0 Å². The maximum Gasteiger partial charge on any atom is 0.118 e. The molecule has 1 aromatic heterocycles. The molecular formula is C31H24O2S. The van der Waals surface area contributed by atoms with Crippen molar-refractivity contribution in [2.75, 3.05) is 14.2 Å². The molecule has 0 radical (unpaired) electrons. The molecule has 0 amide bonds. The molecular weight excluding hydrogens is 436 g/mol. The molecule has 0 aliphatic rings. The van der Waals surface area contributed by atoms with Gasteiger partial charge in [-0.05, 0) is 98.6 Å². The standard InChI is InChI=1S/C31H24O2S/c1-19-16-22-17-27-28(18-29(22)34-19)31(21-10-14-24(33-3)15-11-21)26-7-5-4-6-25(26)30(27)20-8-12-23(32-2)13-9-20/h4-18H,1-3H3. The van der Waals surface area contributed by atoms with Crippen molar-refractivity contribution in [2.45, 2.75) is 6.92 Å². The Morgan fingerprint density at radius 1 is 0.559 bits per heavy atom. The third-order valence-corrected chi connectivity index (χ3v) is 7.55. The fraction of sp³-hybridized carbons (Fsp3) is 0.0968. The Hall–Kier alpha value is -3.82. The van der Waals surface area contributed by atoms with Crippen LogP contribution in [0.4, 0.5) is 0 Å². The Kier molecular flexibility index (Phi) is 5.00. The van der Waals surface area contributed by atoms with Crippen LogP contribution in [0.5, 0.6) is 11.5 Å². The van der Waals surface area contributed by atoms with Gasteiger partial charge in [-0.3, -0.25) is 0 Å². The highest BCUT2D eigenvalue weighted by molar-refractivity contribution is 7.19. The van der Waals surface area contributed by atoms with Crippen LogP contribution < -0.4 is 9.47 Å². The molecule has 2 nitrogen and oxygen atoms in total. The molecule has 0 fully saturated rings. The van der Waals surface area contributed by atoms with E-state index in [4.69, 9.17) is 9.47 Å². The summed E-state index contributed by atoms with van der Waals surface area (Å²) in [6.45, 7) is 2.18. The van der Waals surface area contributed by atoms with Gasteiger partial charge in [0.1, 0.15) is 11.5 Å². The largest absolute Gasteiger partial charge is 0.497 e. The number of methoxy groups -OCH3 is 2. The van der Waals surface area contributed by atoms with Crippen LogP contribution in [0.1, 0.15) is 4.88 Å². The predicted molar refractivity (Wildman–Crippen MR) is 146 cm³/mol. The molecule has 0 bridgehead atoms. The lowest BCUT2D eigenvalue weighted by Crippen LogP contribution is -1.91. The van der Waals surface area contributed by atoms with E-state index in [1.54, 1.807) is 14.2 Å². The number of aryl methyl sites for hydroxylation is 1. The quantitative estimate of drug-likeness (QED) is 0.245. The number of fused-ring (bicyclic) bond motifs is 3. The first-order valence-corrected chi connectivity index (χ1v) is 12.2. The van der Waals surface area contributed by atoms with Crippen LogP contribution in [-0.4, -0.2) is 14.2 Å². The minimum absolute atomic E-state index is 0.864. The van der Waals surface area contributed by atoms with Crippen molar-refractivity contribution < 1.29 is 9.47 Å². The normalized spacial score (nSPS) is 11.4. The van der Waals surface area contributed by atoms with Gasteiger partial charge in [-0.1, -0.05) is 48.5 Å². The fourth-order valence-electron chi connectivity index (χ4n) is 4.98. The summed E-state index contributed by atoms with van der Waals surface area (Å²) in [4.78, 5) is 1.33. The lowest BCUT2D eigenvalue weighted by Gasteiger charge is -2.18. The van der Waals surface area contributed by atoms with Crippen molar-refractivity contribution >= 4 is 43.0 Å². The van der Waals surface area contributed by atoms with Gasteiger partial charge in [-0.25, -0.2) is 0 Å². The van der Waals surface area contributed by atoms with Gasteiger partial charge >= 0.3 is 0 Å². The predicted octanol–water partition coefficient (Wildman–Crippen LogP) is 8.87. The zero-order valence-corrected chi connectivity index (χ0v) is 20.2. The molecule has 0 unspecified atom stereocenters. The topological polar surface area (TPSA) is 18.5 Å². The van der Waals surface area contributed by atoms with Gasteiger partial charge in [0.05, 0.1) is 14.2 Å².